The smallest absolute Gasteiger partial charge is 0.228 e. The van der Waals surface area contributed by atoms with Crippen molar-refractivity contribution in [2.24, 2.45) is 5.92 Å². The Kier molecular flexibility index (Phi) is 3.97. The van der Waals surface area contributed by atoms with Crippen LogP contribution in [0.3, 0.4) is 0 Å². The summed E-state index contributed by atoms with van der Waals surface area (Å²) in [6.07, 6.45) is 2.57. The van der Waals surface area contributed by atoms with Gasteiger partial charge in [0.1, 0.15) is 10.8 Å². The van der Waals surface area contributed by atoms with Crippen LogP contribution in [0.15, 0.2) is 18.5 Å². The molecule has 2 rings (SSSR count). The Balaban J connectivity index is 2.40. The lowest BCUT2D eigenvalue weighted by atomic mass is 10.1. The summed E-state index contributed by atoms with van der Waals surface area (Å²) in [5, 5.41) is 0.215. The Morgan fingerprint density at radius 1 is 1.28 bits per heavy atom. The average Bonchev–Trinajstić information content (AvgIpc) is 2.70. The monoisotopic (exact) mass is 286 g/mol. The third kappa shape index (κ3) is 2.70. The summed E-state index contributed by atoms with van der Waals surface area (Å²) in [7, 11) is 0. The second-order valence-electron chi connectivity index (χ2n) is 4.25. The van der Waals surface area contributed by atoms with Gasteiger partial charge in [0.15, 0.2) is 0 Å². The maximum absolute atomic E-state index is 13.7. The number of rotatable bonds is 3. The van der Waals surface area contributed by atoms with Crippen molar-refractivity contribution in [1.29, 1.82) is 0 Å². The molecule has 0 saturated carbocycles. The normalized spacial score (nSPS) is 13.0. The van der Waals surface area contributed by atoms with Gasteiger partial charge in [-0.15, -0.1) is 11.3 Å². The molecule has 1 atom stereocenters. The maximum atomic E-state index is 13.7. The number of pyridine rings is 1. The number of thiol groups is 1. The van der Waals surface area contributed by atoms with Crippen molar-refractivity contribution >= 4 is 24.0 Å². The maximum Gasteiger partial charge on any atom is 0.228 e. The number of aromatic nitrogens is 2. The first-order valence-electron chi connectivity index (χ1n) is 5.44. The van der Waals surface area contributed by atoms with Gasteiger partial charge in [0.05, 0.1) is 11.1 Å². The first-order valence-corrected chi connectivity index (χ1v) is 6.77. The SMILES string of the molecule is CC(C)C(S)c1sc(-c2cncc(F)c2)nc1F. The lowest BCUT2D eigenvalue weighted by Gasteiger charge is -2.11. The van der Waals surface area contributed by atoms with Gasteiger partial charge < -0.3 is 0 Å². The molecular formula is C12H12F2N2S2. The highest BCUT2D eigenvalue weighted by atomic mass is 32.1. The fourth-order valence-corrected chi connectivity index (χ4v) is 2.80. The molecule has 0 aliphatic carbocycles. The molecule has 0 amide bonds. The third-order valence-electron chi connectivity index (χ3n) is 2.46. The second kappa shape index (κ2) is 5.32. The Morgan fingerprint density at radius 3 is 2.61 bits per heavy atom. The Hall–Kier alpha value is -1.01. The quantitative estimate of drug-likeness (QED) is 0.859. The largest absolute Gasteiger partial charge is 0.261 e. The molecular weight excluding hydrogens is 274 g/mol. The minimum atomic E-state index is -0.534. The number of thiazole rings is 1. The Bertz CT molecular complexity index is 555. The van der Waals surface area contributed by atoms with Crippen molar-refractivity contribution in [3.63, 3.8) is 0 Å². The van der Waals surface area contributed by atoms with Gasteiger partial charge in [0.25, 0.3) is 0 Å². The predicted molar refractivity (Wildman–Crippen MR) is 71.8 cm³/mol. The second-order valence-corrected chi connectivity index (χ2v) is 5.84. The molecule has 0 fully saturated rings. The fraction of sp³-hybridized carbons (Fsp3) is 0.333. The van der Waals surface area contributed by atoms with E-state index in [2.05, 4.69) is 22.6 Å². The van der Waals surface area contributed by atoms with Crippen molar-refractivity contribution in [2.75, 3.05) is 0 Å². The van der Waals surface area contributed by atoms with Gasteiger partial charge >= 0.3 is 0 Å². The summed E-state index contributed by atoms with van der Waals surface area (Å²) in [5.41, 5.74) is 0.481. The van der Waals surface area contributed by atoms with Crippen molar-refractivity contribution in [3.8, 4) is 10.6 Å². The van der Waals surface area contributed by atoms with E-state index in [-0.39, 0.29) is 11.2 Å². The number of hydrogen-bond donors (Lipinski definition) is 1. The van der Waals surface area contributed by atoms with Crippen LogP contribution < -0.4 is 0 Å². The van der Waals surface area contributed by atoms with Gasteiger partial charge in [-0.3, -0.25) is 4.98 Å². The number of halogens is 2. The summed E-state index contributed by atoms with van der Waals surface area (Å²) >= 11 is 5.56. The molecule has 0 radical (unpaired) electrons. The van der Waals surface area contributed by atoms with E-state index in [0.29, 0.717) is 15.4 Å². The molecule has 0 aliphatic rings. The number of hydrogen-bond acceptors (Lipinski definition) is 4. The molecule has 6 heteroatoms. The van der Waals surface area contributed by atoms with Gasteiger partial charge in [0, 0.05) is 17.0 Å². The highest BCUT2D eigenvalue weighted by Gasteiger charge is 2.21. The molecule has 2 nitrogen and oxygen atoms in total. The topological polar surface area (TPSA) is 25.8 Å². The Morgan fingerprint density at radius 2 is 2.00 bits per heavy atom. The van der Waals surface area contributed by atoms with E-state index in [1.54, 1.807) is 0 Å². The zero-order valence-electron chi connectivity index (χ0n) is 9.89. The molecule has 2 aromatic heterocycles. The molecule has 0 spiro atoms. The standard InChI is InChI=1S/C12H12F2N2S2/c1-6(2)9(17)10-11(14)16-12(18-10)7-3-8(13)5-15-4-7/h3-6,9,17H,1-2H3. The molecule has 0 N–H and O–H groups in total. The van der Waals surface area contributed by atoms with E-state index in [1.165, 1.54) is 23.6 Å². The fourth-order valence-electron chi connectivity index (χ4n) is 1.45. The summed E-state index contributed by atoms with van der Waals surface area (Å²) in [5.74, 6) is -0.800. The zero-order valence-corrected chi connectivity index (χ0v) is 11.6. The van der Waals surface area contributed by atoms with E-state index < -0.39 is 11.8 Å². The molecule has 96 valence electrons. The summed E-state index contributed by atoms with van der Waals surface area (Å²) in [6.45, 7) is 3.92. The molecule has 0 aliphatic heterocycles. The highest BCUT2D eigenvalue weighted by Crippen LogP contribution is 2.37. The molecule has 0 aromatic carbocycles. The van der Waals surface area contributed by atoms with E-state index in [1.807, 2.05) is 13.8 Å². The van der Waals surface area contributed by atoms with E-state index in [9.17, 15) is 8.78 Å². The zero-order chi connectivity index (χ0) is 13.3. The van der Waals surface area contributed by atoms with Crippen LogP contribution in [0, 0.1) is 17.7 Å². The van der Waals surface area contributed by atoms with Crippen molar-refractivity contribution in [2.45, 2.75) is 19.1 Å². The molecule has 2 heterocycles. The average molecular weight is 286 g/mol. The van der Waals surface area contributed by atoms with Crippen LogP contribution in [0.1, 0.15) is 24.0 Å². The van der Waals surface area contributed by atoms with Crippen LogP contribution in [0.5, 0.6) is 0 Å². The van der Waals surface area contributed by atoms with E-state index in [0.717, 1.165) is 6.20 Å². The van der Waals surface area contributed by atoms with Gasteiger partial charge in [0.2, 0.25) is 5.95 Å². The summed E-state index contributed by atoms with van der Waals surface area (Å²) < 4.78 is 26.8. The van der Waals surface area contributed by atoms with Crippen LogP contribution >= 0.6 is 24.0 Å². The van der Waals surface area contributed by atoms with Crippen LogP contribution in [0.4, 0.5) is 8.78 Å². The summed E-state index contributed by atoms with van der Waals surface area (Å²) in [6, 6.07) is 1.29. The third-order valence-corrected chi connectivity index (χ3v) is 4.65. The predicted octanol–water partition coefficient (Wildman–Crippen LogP) is 4.11. The van der Waals surface area contributed by atoms with Crippen molar-refractivity contribution < 1.29 is 8.78 Å². The highest BCUT2D eigenvalue weighted by molar-refractivity contribution is 7.80. The molecule has 0 saturated heterocycles. The van der Waals surface area contributed by atoms with Crippen LogP contribution in [0.25, 0.3) is 10.6 Å². The van der Waals surface area contributed by atoms with Crippen LogP contribution in [-0.4, -0.2) is 9.97 Å². The first-order chi connectivity index (χ1) is 8.49. The summed E-state index contributed by atoms with van der Waals surface area (Å²) in [4.78, 5) is 8.03. The lowest BCUT2D eigenvalue weighted by Crippen LogP contribution is -1.99. The van der Waals surface area contributed by atoms with Crippen LogP contribution in [0.2, 0.25) is 0 Å². The minimum Gasteiger partial charge on any atom is -0.261 e. The molecule has 18 heavy (non-hydrogen) atoms. The first kappa shape index (κ1) is 13.4. The minimum absolute atomic E-state index is 0.196. The van der Waals surface area contributed by atoms with Crippen molar-refractivity contribution in [1.82, 2.24) is 9.97 Å². The van der Waals surface area contributed by atoms with Gasteiger partial charge in [-0.1, -0.05) is 13.8 Å². The van der Waals surface area contributed by atoms with Crippen molar-refractivity contribution in [3.05, 3.63) is 35.1 Å². The van der Waals surface area contributed by atoms with Gasteiger partial charge in [-0.25, -0.2) is 9.37 Å². The molecule has 1 unspecified atom stereocenters. The molecule has 2 aromatic rings. The lowest BCUT2D eigenvalue weighted by molar-refractivity contribution is 0.552. The van der Waals surface area contributed by atoms with Gasteiger partial charge in [-0.05, 0) is 12.0 Å². The number of nitrogens with zero attached hydrogens (tertiary/aromatic N) is 2. The van der Waals surface area contributed by atoms with Gasteiger partial charge in [-0.2, -0.15) is 17.0 Å². The van der Waals surface area contributed by atoms with E-state index >= 15 is 0 Å². The molecule has 0 bridgehead atoms. The van der Waals surface area contributed by atoms with E-state index in [4.69, 9.17) is 0 Å². The Labute approximate surface area is 114 Å². The van der Waals surface area contributed by atoms with Crippen LogP contribution in [-0.2, 0) is 0 Å².